The van der Waals surface area contributed by atoms with Crippen molar-refractivity contribution in [2.24, 2.45) is 10.9 Å². The van der Waals surface area contributed by atoms with Gasteiger partial charge in [-0.15, -0.1) is 0 Å². The Kier molecular flexibility index (Phi) is 2.47. The molecule has 0 bridgehead atoms. The summed E-state index contributed by atoms with van der Waals surface area (Å²) in [6, 6.07) is 5.60. The summed E-state index contributed by atoms with van der Waals surface area (Å²) in [5, 5.41) is 16.1. The molecule has 18 heavy (non-hydrogen) atoms. The molecule has 0 spiro atoms. The first-order valence-electron chi connectivity index (χ1n) is 5.78. The van der Waals surface area contributed by atoms with Crippen molar-refractivity contribution in [1.29, 1.82) is 0 Å². The number of amidine groups is 1. The number of pyridine rings is 1. The average molecular weight is 243 g/mol. The second-order valence-corrected chi connectivity index (χ2v) is 4.34. The van der Waals surface area contributed by atoms with E-state index in [-0.39, 0.29) is 5.84 Å². The SMILES string of the molecule is NC(=NO)c1cc(-n2ccc(C3CC3)n2)ccn1. The zero-order valence-electron chi connectivity index (χ0n) is 9.69. The highest BCUT2D eigenvalue weighted by atomic mass is 16.4. The van der Waals surface area contributed by atoms with E-state index >= 15 is 0 Å². The molecule has 3 N–H and O–H groups in total. The van der Waals surface area contributed by atoms with Crippen LogP contribution in [0.4, 0.5) is 0 Å². The predicted octanol–water partition coefficient (Wildman–Crippen LogP) is 1.24. The molecule has 0 radical (unpaired) electrons. The van der Waals surface area contributed by atoms with Crippen molar-refractivity contribution in [1.82, 2.24) is 14.8 Å². The topological polar surface area (TPSA) is 89.3 Å². The molecule has 6 nitrogen and oxygen atoms in total. The molecule has 0 aromatic carbocycles. The molecule has 0 saturated heterocycles. The zero-order valence-corrected chi connectivity index (χ0v) is 9.69. The Hall–Kier alpha value is -2.37. The van der Waals surface area contributed by atoms with Gasteiger partial charge in [-0.25, -0.2) is 4.68 Å². The van der Waals surface area contributed by atoms with Crippen LogP contribution >= 0.6 is 0 Å². The first kappa shape index (κ1) is 10.8. The van der Waals surface area contributed by atoms with Crippen molar-refractivity contribution >= 4 is 5.84 Å². The van der Waals surface area contributed by atoms with E-state index in [1.807, 2.05) is 18.3 Å². The third-order valence-corrected chi connectivity index (χ3v) is 2.98. The first-order valence-corrected chi connectivity index (χ1v) is 5.78. The van der Waals surface area contributed by atoms with E-state index in [2.05, 4.69) is 15.2 Å². The summed E-state index contributed by atoms with van der Waals surface area (Å²) >= 11 is 0. The van der Waals surface area contributed by atoms with Gasteiger partial charge in [0.1, 0.15) is 5.69 Å². The molecule has 1 fully saturated rings. The van der Waals surface area contributed by atoms with Crippen LogP contribution in [0.1, 0.15) is 30.1 Å². The van der Waals surface area contributed by atoms with Crippen molar-refractivity contribution in [3.05, 3.63) is 42.0 Å². The maximum absolute atomic E-state index is 8.64. The predicted molar refractivity (Wildman–Crippen MR) is 65.8 cm³/mol. The second-order valence-electron chi connectivity index (χ2n) is 4.34. The fourth-order valence-electron chi connectivity index (χ4n) is 1.83. The van der Waals surface area contributed by atoms with E-state index in [9.17, 15) is 0 Å². The average Bonchev–Trinajstić information content (AvgIpc) is 3.15. The maximum Gasteiger partial charge on any atom is 0.188 e. The lowest BCUT2D eigenvalue weighted by molar-refractivity contribution is 0.318. The molecule has 0 amide bonds. The molecule has 1 aliphatic carbocycles. The molecular formula is C12H13N5O. The Morgan fingerprint density at radius 3 is 3.00 bits per heavy atom. The van der Waals surface area contributed by atoms with E-state index in [1.54, 1.807) is 16.9 Å². The largest absolute Gasteiger partial charge is 0.409 e. The minimum Gasteiger partial charge on any atom is -0.409 e. The van der Waals surface area contributed by atoms with Crippen LogP contribution in [0.5, 0.6) is 0 Å². The lowest BCUT2D eigenvalue weighted by Gasteiger charge is -2.03. The number of oxime groups is 1. The standard InChI is InChI=1S/C12H13N5O/c13-12(16-18)11-7-9(3-5-14-11)17-6-4-10(15-17)8-1-2-8/h3-8,18H,1-2H2,(H2,13,16). The van der Waals surface area contributed by atoms with Gasteiger partial charge in [-0.1, -0.05) is 5.16 Å². The summed E-state index contributed by atoms with van der Waals surface area (Å²) < 4.78 is 1.78. The normalized spacial score (nSPS) is 15.9. The van der Waals surface area contributed by atoms with E-state index in [1.165, 1.54) is 12.8 Å². The van der Waals surface area contributed by atoms with Gasteiger partial charge in [0.05, 0.1) is 11.4 Å². The Morgan fingerprint density at radius 1 is 1.44 bits per heavy atom. The third kappa shape index (κ3) is 1.92. The minimum absolute atomic E-state index is 0.00794. The summed E-state index contributed by atoms with van der Waals surface area (Å²) in [4.78, 5) is 4.03. The van der Waals surface area contributed by atoms with Crippen molar-refractivity contribution in [2.75, 3.05) is 0 Å². The molecule has 2 aromatic rings. The molecule has 0 unspecified atom stereocenters. The lowest BCUT2D eigenvalue weighted by Crippen LogP contribution is -2.15. The summed E-state index contributed by atoms with van der Waals surface area (Å²) in [5.41, 5.74) is 7.91. The van der Waals surface area contributed by atoms with Crippen LogP contribution in [0, 0.1) is 0 Å². The first-order chi connectivity index (χ1) is 8.78. The Labute approximate surface area is 104 Å². The molecule has 0 aliphatic heterocycles. The van der Waals surface area contributed by atoms with Gasteiger partial charge < -0.3 is 10.9 Å². The fourth-order valence-corrected chi connectivity index (χ4v) is 1.83. The molecule has 1 aliphatic rings. The second kappa shape index (κ2) is 4.14. The van der Waals surface area contributed by atoms with Crippen LogP contribution in [-0.2, 0) is 0 Å². The van der Waals surface area contributed by atoms with Crippen molar-refractivity contribution in [3.63, 3.8) is 0 Å². The smallest absolute Gasteiger partial charge is 0.188 e. The van der Waals surface area contributed by atoms with Crippen LogP contribution in [-0.4, -0.2) is 25.8 Å². The Morgan fingerprint density at radius 2 is 2.28 bits per heavy atom. The van der Waals surface area contributed by atoms with E-state index in [0.717, 1.165) is 11.4 Å². The molecule has 3 rings (SSSR count). The molecule has 1 saturated carbocycles. The van der Waals surface area contributed by atoms with Crippen molar-refractivity contribution in [2.45, 2.75) is 18.8 Å². The van der Waals surface area contributed by atoms with Crippen molar-refractivity contribution in [3.8, 4) is 5.69 Å². The quantitative estimate of drug-likeness (QED) is 0.367. The van der Waals surface area contributed by atoms with Crippen LogP contribution in [0.15, 0.2) is 35.7 Å². The van der Waals surface area contributed by atoms with Gasteiger partial charge in [0.25, 0.3) is 0 Å². The Balaban J connectivity index is 1.94. The zero-order chi connectivity index (χ0) is 12.5. The highest BCUT2D eigenvalue weighted by Crippen LogP contribution is 2.38. The lowest BCUT2D eigenvalue weighted by atomic mass is 10.3. The van der Waals surface area contributed by atoms with Gasteiger partial charge in [-0.05, 0) is 31.0 Å². The summed E-state index contributed by atoms with van der Waals surface area (Å²) in [6.07, 6.45) is 5.98. The molecular weight excluding hydrogens is 230 g/mol. The van der Waals surface area contributed by atoms with Crippen LogP contribution in [0.25, 0.3) is 5.69 Å². The summed E-state index contributed by atoms with van der Waals surface area (Å²) in [5.74, 6) is 0.614. The Bertz CT molecular complexity index is 600. The molecule has 92 valence electrons. The number of hydrogen-bond acceptors (Lipinski definition) is 4. The minimum atomic E-state index is -0.00794. The monoisotopic (exact) mass is 243 g/mol. The number of nitrogens with zero attached hydrogens (tertiary/aromatic N) is 4. The third-order valence-electron chi connectivity index (χ3n) is 2.98. The van der Waals surface area contributed by atoms with Crippen LogP contribution in [0.2, 0.25) is 0 Å². The molecule has 0 atom stereocenters. The summed E-state index contributed by atoms with van der Waals surface area (Å²) in [7, 11) is 0. The van der Waals surface area contributed by atoms with Crippen LogP contribution < -0.4 is 5.73 Å². The molecule has 2 heterocycles. The van der Waals surface area contributed by atoms with Gasteiger partial charge in [0, 0.05) is 18.3 Å². The number of rotatable bonds is 3. The van der Waals surface area contributed by atoms with Crippen LogP contribution in [0.3, 0.4) is 0 Å². The highest BCUT2D eigenvalue weighted by Gasteiger charge is 2.25. The number of nitrogens with two attached hydrogens (primary N) is 1. The van der Waals surface area contributed by atoms with E-state index in [0.29, 0.717) is 11.6 Å². The molecule has 2 aromatic heterocycles. The van der Waals surface area contributed by atoms with Gasteiger partial charge in [-0.3, -0.25) is 4.98 Å². The maximum atomic E-state index is 8.64. The van der Waals surface area contributed by atoms with Gasteiger partial charge in [0.15, 0.2) is 5.84 Å². The summed E-state index contributed by atoms with van der Waals surface area (Å²) in [6.45, 7) is 0. The number of aromatic nitrogens is 3. The van der Waals surface area contributed by atoms with E-state index < -0.39 is 0 Å². The number of hydrogen-bond donors (Lipinski definition) is 2. The van der Waals surface area contributed by atoms with Gasteiger partial charge >= 0.3 is 0 Å². The van der Waals surface area contributed by atoms with Gasteiger partial charge in [0.2, 0.25) is 0 Å². The van der Waals surface area contributed by atoms with Gasteiger partial charge in [-0.2, -0.15) is 5.10 Å². The van der Waals surface area contributed by atoms with E-state index in [4.69, 9.17) is 10.9 Å². The van der Waals surface area contributed by atoms with Crippen molar-refractivity contribution < 1.29 is 5.21 Å². The molecule has 6 heteroatoms. The highest BCUT2D eigenvalue weighted by molar-refractivity contribution is 5.95. The fraction of sp³-hybridized carbons (Fsp3) is 0.250.